The molecule has 0 aliphatic heterocycles. The first-order valence-electron chi connectivity index (χ1n) is 6.61. The number of ether oxygens (including phenoxy) is 3. The standard InChI is InChI=1S/C15H23BrO3/c1-17-12-10-14(18-2)13(15(11-12)19-3)8-6-4-5-7-9-16/h10-11H,4-9H2,1-3H3. The topological polar surface area (TPSA) is 27.7 Å². The molecule has 0 aromatic heterocycles. The zero-order chi connectivity index (χ0) is 14.1. The molecule has 108 valence electrons. The number of alkyl halides is 1. The van der Waals surface area contributed by atoms with Gasteiger partial charge in [0, 0.05) is 23.0 Å². The Hall–Kier alpha value is -0.900. The van der Waals surface area contributed by atoms with Crippen molar-refractivity contribution in [2.45, 2.75) is 32.1 Å². The van der Waals surface area contributed by atoms with Gasteiger partial charge in [-0.2, -0.15) is 0 Å². The smallest absolute Gasteiger partial charge is 0.129 e. The summed E-state index contributed by atoms with van der Waals surface area (Å²) in [4.78, 5) is 0. The van der Waals surface area contributed by atoms with E-state index in [1.807, 2.05) is 12.1 Å². The molecular formula is C15H23BrO3. The summed E-state index contributed by atoms with van der Waals surface area (Å²) in [5, 5.41) is 1.09. The minimum Gasteiger partial charge on any atom is -0.496 e. The van der Waals surface area contributed by atoms with Crippen LogP contribution in [0.2, 0.25) is 0 Å². The Kier molecular flexibility index (Phi) is 7.72. The van der Waals surface area contributed by atoms with Crippen LogP contribution in [-0.2, 0) is 6.42 Å². The van der Waals surface area contributed by atoms with Crippen LogP contribution in [0.5, 0.6) is 17.2 Å². The van der Waals surface area contributed by atoms with Crippen molar-refractivity contribution >= 4 is 15.9 Å². The third-order valence-electron chi connectivity index (χ3n) is 3.13. The lowest BCUT2D eigenvalue weighted by Gasteiger charge is -2.15. The van der Waals surface area contributed by atoms with E-state index in [1.54, 1.807) is 21.3 Å². The highest BCUT2D eigenvalue weighted by Crippen LogP contribution is 2.35. The molecule has 0 saturated heterocycles. The largest absolute Gasteiger partial charge is 0.496 e. The molecule has 0 bridgehead atoms. The normalized spacial score (nSPS) is 10.3. The summed E-state index contributed by atoms with van der Waals surface area (Å²) in [5.41, 5.74) is 1.13. The maximum absolute atomic E-state index is 5.44. The third-order valence-corrected chi connectivity index (χ3v) is 3.69. The Morgan fingerprint density at radius 1 is 0.842 bits per heavy atom. The molecule has 0 saturated carbocycles. The van der Waals surface area contributed by atoms with Crippen molar-refractivity contribution in [1.82, 2.24) is 0 Å². The second-order valence-electron chi connectivity index (χ2n) is 4.36. The summed E-state index contributed by atoms with van der Waals surface area (Å²) in [5.74, 6) is 2.45. The van der Waals surface area contributed by atoms with Crippen molar-refractivity contribution in [3.8, 4) is 17.2 Å². The predicted molar refractivity (Wildman–Crippen MR) is 82.1 cm³/mol. The fourth-order valence-electron chi connectivity index (χ4n) is 2.07. The van der Waals surface area contributed by atoms with Crippen LogP contribution < -0.4 is 14.2 Å². The SMILES string of the molecule is COc1cc(OC)c(CCCCCCBr)c(OC)c1. The predicted octanol–water partition coefficient (Wildman–Crippen LogP) is 4.21. The van der Waals surface area contributed by atoms with E-state index in [0.717, 1.165) is 41.0 Å². The van der Waals surface area contributed by atoms with Gasteiger partial charge in [0.1, 0.15) is 17.2 Å². The highest BCUT2D eigenvalue weighted by molar-refractivity contribution is 9.09. The molecule has 4 heteroatoms. The molecular weight excluding hydrogens is 308 g/mol. The second kappa shape index (κ2) is 9.08. The number of hydrogen-bond donors (Lipinski definition) is 0. The van der Waals surface area contributed by atoms with Gasteiger partial charge in [-0.1, -0.05) is 28.8 Å². The Morgan fingerprint density at radius 2 is 1.42 bits per heavy atom. The maximum atomic E-state index is 5.44. The van der Waals surface area contributed by atoms with Gasteiger partial charge < -0.3 is 14.2 Å². The van der Waals surface area contributed by atoms with Crippen molar-refractivity contribution in [2.75, 3.05) is 26.7 Å². The quantitative estimate of drug-likeness (QED) is 0.501. The van der Waals surface area contributed by atoms with Crippen molar-refractivity contribution in [3.63, 3.8) is 0 Å². The van der Waals surface area contributed by atoms with E-state index in [9.17, 15) is 0 Å². The summed E-state index contributed by atoms with van der Waals surface area (Å²) < 4.78 is 16.1. The first kappa shape index (κ1) is 16.2. The van der Waals surface area contributed by atoms with Crippen LogP contribution in [0.1, 0.15) is 31.2 Å². The molecule has 3 nitrogen and oxygen atoms in total. The number of hydrogen-bond acceptors (Lipinski definition) is 3. The van der Waals surface area contributed by atoms with Gasteiger partial charge in [-0.25, -0.2) is 0 Å². The number of halogens is 1. The molecule has 0 aliphatic carbocycles. The Balaban J connectivity index is 2.73. The molecule has 19 heavy (non-hydrogen) atoms. The third kappa shape index (κ3) is 4.94. The fourth-order valence-corrected chi connectivity index (χ4v) is 2.47. The Bertz CT molecular complexity index is 355. The molecule has 0 fully saturated rings. The molecule has 0 N–H and O–H groups in total. The van der Waals surface area contributed by atoms with E-state index in [1.165, 1.54) is 19.3 Å². The van der Waals surface area contributed by atoms with Gasteiger partial charge in [-0.3, -0.25) is 0 Å². The summed E-state index contributed by atoms with van der Waals surface area (Å²) in [6.07, 6.45) is 5.83. The van der Waals surface area contributed by atoms with Crippen molar-refractivity contribution in [3.05, 3.63) is 17.7 Å². The number of methoxy groups -OCH3 is 3. The molecule has 1 aromatic carbocycles. The minimum atomic E-state index is 0.761. The van der Waals surface area contributed by atoms with Crippen LogP contribution in [0, 0.1) is 0 Å². The van der Waals surface area contributed by atoms with Crippen LogP contribution in [-0.4, -0.2) is 26.7 Å². The van der Waals surface area contributed by atoms with Gasteiger partial charge in [-0.15, -0.1) is 0 Å². The average Bonchev–Trinajstić information content (AvgIpc) is 2.46. The van der Waals surface area contributed by atoms with Gasteiger partial charge in [0.15, 0.2) is 0 Å². The summed E-state index contributed by atoms with van der Waals surface area (Å²) in [6, 6.07) is 3.83. The van der Waals surface area contributed by atoms with Gasteiger partial charge in [0.2, 0.25) is 0 Å². The number of benzene rings is 1. The molecule has 1 aromatic rings. The van der Waals surface area contributed by atoms with Gasteiger partial charge in [-0.05, 0) is 19.3 Å². The summed E-state index contributed by atoms with van der Waals surface area (Å²) in [7, 11) is 5.01. The van der Waals surface area contributed by atoms with Crippen LogP contribution in [0.15, 0.2) is 12.1 Å². The van der Waals surface area contributed by atoms with Crippen LogP contribution >= 0.6 is 15.9 Å². The van der Waals surface area contributed by atoms with Crippen molar-refractivity contribution in [1.29, 1.82) is 0 Å². The molecule has 0 aliphatic rings. The zero-order valence-electron chi connectivity index (χ0n) is 12.0. The molecule has 0 radical (unpaired) electrons. The lowest BCUT2D eigenvalue weighted by atomic mass is 10.0. The molecule has 0 amide bonds. The molecule has 0 atom stereocenters. The monoisotopic (exact) mass is 330 g/mol. The fraction of sp³-hybridized carbons (Fsp3) is 0.600. The average molecular weight is 331 g/mol. The highest BCUT2D eigenvalue weighted by atomic mass is 79.9. The lowest BCUT2D eigenvalue weighted by molar-refractivity contribution is 0.368. The van der Waals surface area contributed by atoms with Crippen molar-refractivity contribution in [2.24, 2.45) is 0 Å². The maximum Gasteiger partial charge on any atom is 0.129 e. The molecule has 0 heterocycles. The van der Waals surface area contributed by atoms with Gasteiger partial charge in [0.25, 0.3) is 0 Å². The van der Waals surface area contributed by atoms with E-state index >= 15 is 0 Å². The highest BCUT2D eigenvalue weighted by Gasteiger charge is 2.12. The van der Waals surface area contributed by atoms with E-state index in [4.69, 9.17) is 14.2 Å². The lowest BCUT2D eigenvalue weighted by Crippen LogP contribution is -1.99. The number of unbranched alkanes of at least 4 members (excludes halogenated alkanes) is 3. The zero-order valence-corrected chi connectivity index (χ0v) is 13.6. The summed E-state index contributed by atoms with van der Waals surface area (Å²) >= 11 is 3.45. The minimum absolute atomic E-state index is 0.761. The van der Waals surface area contributed by atoms with Gasteiger partial charge >= 0.3 is 0 Å². The summed E-state index contributed by atoms with van der Waals surface area (Å²) in [6.45, 7) is 0. The van der Waals surface area contributed by atoms with Crippen LogP contribution in [0.3, 0.4) is 0 Å². The van der Waals surface area contributed by atoms with Crippen LogP contribution in [0.4, 0.5) is 0 Å². The first-order chi connectivity index (χ1) is 9.26. The molecule has 1 rings (SSSR count). The Morgan fingerprint density at radius 3 is 1.89 bits per heavy atom. The second-order valence-corrected chi connectivity index (χ2v) is 5.16. The molecule has 0 unspecified atom stereocenters. The van der Waals surface area contributed by atoms with E-state index in [2.05, 4.69) is 15.9 Å². The van der Waals surface area contributed by atoms with E-state index < -0.39 is 0 Å². The van der Waals surface area contributed by atoms with E-state index in [0.29, 0.717) is 0 Å². The Labute approximate surface area is 124 Å². The van der Waals surface area contributed by atoms with E-state index in [-0.39, 0.29) is 0 Å². The van der Waals surface area contributed by atoms with Crippen LogP contribution in [0.25, 0.3) is 0 Å². The van der Waals surface area contributed by atoms with Crippen molar-refractivity contribution < 1.29 is 14.2 Å². The molecule has 0 spiro atoms. The number of rotatable bonds is 9. The first-order valence-corrected chi connectivity index (χ1v) is 7.73. The van der Waals surface area contributed by atoms with Gasteiger partial charge in [0.05, 0.1) is 21.3 Å².